The van der Waals surface area contributed by atoms with E-state index in [4.69, 9.17) is 5.11 Å². The lowest BCUT2D eigenvalue weighted by Crippen LogP contribution is -1.97. The van der Waals surface area contributed by atoms with Crippen LogP contribution >= 0.6 is 11.3 Å². The van der Waals surface area contributed by atoms with Crippen LogP contribution in [0.25, 0.3) is 4.96 Å². The Bertz CT molecular complexity index is 746. The van der Waals surface area contributed by atoms with Gasteiger partial charge in [-0.15, -0.1) is 11.3 Å². The number of nitrogens with zero attached hydrogens (tertiary/aromatic N) is 2. The molecule has 0 saturated heterocycles. The molecule has 1 aromatic carbocycles. The highest BCUT2D eigenvalue weighted by Crippen LogP contribution is 2.20. The van der Waals surface area contributed by atoms with Crippen LogP contribution in [-0.2, 0) is 17.6 Å². The average Bonchev–Trinajstić information content (AvgIpc) is 3.01. The first-order valence-corrected chi connectivity index (χ1v) is 7.80. The Hall–Kier alpha value is -2.14. The summed E-state index contributed by atoms with van der Waals surface area (Å²) < 4.78 is 2.09. The summed E-state index contributed by atoms with van der Waals surface area (Å²) in [7, 11) is 0. The van der Waals surface area contributed by atoms with Gasteiger partial charge in [0.05, 0.1) is 5.69 Å². The highest BCUT2D eigenvalue weighted by molar-refractivity contribution is 7.15. The lowest BCUT2D eigenvalue weighted by molar-refractivity contribution is -0.137. The van der Waals surface area contributed by atoms with Gasteiger partial charge in [0.25, 0.3) is 0 Å². The number of hydrogen-bond acceptors (Lipinski definition) is 3. The number of carboxylic acid groups (broad SMARTS) is 1. The van der Waals surface area contributed by atoms with Crippen molar-refractivity contribution in [2.45, 2.75) is 25.7 Å². The molecular weight excluding hydrogens is 284 g/mol. The molecule has 0 amide bonds. The largest absolute Gasteiger partial charge is 0.481 e. The van der Waals surface area contributed by atoms with Crippen molar-refractivity contribution in [3.05, 3.63) is 58.9 Å². The minimum Gasteiger partial charge on any atom is -0.481 e. The monoisotopic (exact) mass is 300 g/mol. The van der Waals surface area contributed by atoms with Crippen molar-refractivity contribution in [2.75, 3.05) is 0 Å². The number of imidazole rings is 1. The van der Waals surface area contributed by atoms with Gasteiger partial charge in [-0.05, 0) is 18.4 Å². The minimum atomic E-state index is -0.739. The van der Waals surface area contributed by atoms with Gasteiger partial charge in [-0.2, -0.15) is 0 Å². The normalized spacial score (nSPS) is 11.0. The fraction of sp³-hybridized carbons (Fsp3) is 0.250. The third kappa shape index (κ3) is 3.31. The molecule has 2 aromatic heterocycles. The molecule has 3 rings (SSSR count). The molecule has 0 aliphatic carbocycles. The predicted molar refractivity (Wildman–Crippen MR) is 82.9 cm³/mol. The first-order chi connectivity index (χ1) is 10.2. The molecule has 108 valence electrons. The van der Waals surface area contributed by atoms with Crippen molar-refractivity contribution in [2.24, 2.45) is 0 Å². The summed E-state index contributed by atoms with van der Waals surface area (Å²) in [5.41, 5.74) is 3.44. The van der Waals surface area contributed by atoms with Crippen molar-refractivity contribution in [3.8, 4) is 0 Å². The van der Waals surface area contributed by atoms with E-state index in [0.29, 0.717) is 6.42 Å². The maximum atomic E-state index is 10.6. The second-order valence-corrected chi connectivity index (χ2v) is 5.86. The van der Waals surface area contributed by atoms with E-state index in [0.717, 1.165) is 29.2 Å². The summed E-state index contributed by atoms with van der Waals surface area (Å²) in [5, 5.41) is 10.8. The number of hydrogen-bond donors (Lipinski definition) is 1. The lowest BCUT2D eigenvalue weighted by Gasteiger charge is -1.98. The van der Waals surface area contributed by atoms with Gasteiger partial charge in [0.2, 0.25) is 0 Å². The Labute approximate surface area is 126 Å². The van der Waals surface area contributed by atoms with E-state index in [9.17, 15) is 4.79 Å². The van der Waals surface area contributed by atoms with Gasteiger partial charge >= 0.3 is 5.97 Å². The highest BCUT2D eigenvalue weighted by Gasteiger charge is 2.09. The smallest absolute Gasteiger partial charge is 0.303 e. The van der Waals surface area contributed by atoms with Crippen molar-refractivity contribution in [3.63, 3.8) is 0 Å². The second kappa shape index (κ2) is 6.10. The minimum absolute atomic E-state index is 0.211. The van der Waals surface area contributed by atoms with Crippen LogP contribution in [0, 0.1) is 0 Å². The molecule has 0 spiro atoms. The maximum absolute atomic E-state index is 10.6. The van der Waals surface area contributed by atoms with E-state index in [-0.39, 0.29) is 6.42 Å². The molecule has 5 heteroatoms. The van der Waals surface area contributed by atoms with Crippen molar-refractivity contribution in [1.82, 2.24) is 9.38 Å². The number of fused-ring (bicyclic) bond motifs is 1. The molecule has 2 heterocycles. The zero-order chi connectivity index (χ0) is 14.7. The second-order valence-electron chi connectivity index (χ2n) is 5.02. The van der Waals surface area contributed by atoms with Crippen LogP contribution in [-0.4, -0.2) is 20.5 Å². The summed E-state index contributed by atoms with van der Waals surface area (Å²) in [6, 6.07) is 10.3. The summed E-state index contributed by atoms with van der Waals surface area (Å²) in [6.45, 7) is 0. The Morgan fingerprint density at radius 1 is 1.29 bits per heavy atom. The third-order valence-electron chi connectivity index (χ3n) is 3.38. The first-order valence-electron chi connectivity index (χ1n) is 6.92. The van der Waals surface area contributed by atoms with Gasteiger partial charge in [0.15, 0.2) is 4.96 Å². The SMILES string of the molecule is O=C(O)CCCc1csc2nc(Cc3ccccc3)cn12. The Morgan fingerprint density at radius 3 is 2.86 bits per heavy atom. The Balaban J connectivity index is 1.74. The fourth-order valence-electron chi connectivity index (χ4n) is 2.37. The number of carbonyl (C=O) groups is 1. The lowest BCUT2D eigenvalue weighted by atomic mass is 10.1. The number of aliphatic carboxylic acids is 1. The van der Waals surface area contributed by atoms with Gasteiger partial charge in [0, 0.05) is 30.1 Å². The van der Waals surface area contributed by atoms with Crippen LogP contribution in [0.15, 0.2) is 41.9 Å². The molecule has 0 aliphatic heterocycles. The molecule has 3 aromatic rings. The molecule has 0 unspecified atom stereocenters. The number of aromatic nitrogens is 2. The molecule has 0 radical (unpaired) electrons. The number of rotatable bonds is 6. The van der Waals surface area contributed by atoms with E-state index in [2.05, 4.69) is 33.1 Å². The topological polar surface area (TPSA) is 54.6 Å². The summed E-state index contributed by atoms with van der Waals surface area (Å²) in [5.74, 6) is -0.739. The van der Waals surface area contributed by atoms with Crippen LogP contribution in [0.1, 0.15) is 29.8 Å². The Kier molecular flexibility index (Phi) is 4.01. The predicted octanol–water partition coefficient (Wildman–Crippen LogP) is 3.39. The van der Waals surface area contributed by atoms with E-state index in [1.54, 1.807) is 11.3 Å². The van der Waals surface area contributed by atoms with Gasteiger partial charge in [-0.25, -0.2) is 4.98 Å². The average molecular weight is 300 g/mol. The summed E-state index contributed by atoms with van der Waals surface area (Å²) in [4.78, 5) is 16.2. The highest BCUT2D eigenvalue weighted by atomic mass is 32.1. The van der Waals surface area contributed by atoms with Crippen LogP contribution in [0.2, 0.25) is 0 Å². The molecule has 21 heavy (non-hydrogen) atoms. The summed E-state index contributed by atoms with van der Waals surface area (Å²) in [6.07, 6.45) is 4.53. The zero-order valence-corrected chi connectivity index (χ0v) is 12.3. The van der Waals surface area contributed by atoms with E-state index >= 15 is 0 Å². The van der Waals surface area contributed by atoms with Crippen molar-refractivity contribution in [1.29, 1.82) is 0 Å². The number of benzene rings is 1. The molecule has 0 saturated carbocycles. The van der Waals surface area contributed by atoms with E-state index < -0.39 is 5.97 Å². The molecular formula is C16H16N2O2S. The van der Waals surface area contributed by atoms with Gasteiger partial charge < -0.3 is 5.11 Å². The molecule has 0 aliphatic rings. The third-order valence-corrected chi connectivity index (χ3v) is 4.27. The van der Waals surface area contributed by atoms with Crippen LogP contribution in [0.4, 0.5) is 0 Å². The van der Waals surface area contributed by atoms with Gasteiger partial charge in [-0.1, -0.05) is 30.3 Å². The number of thiazole rings is 1. The molecule has 0 atom stereocenters. The van der Waals surface area contributed by atoms with Crippen LogP contribution < -0.4 is 0 Å². The number of carboxylic acids is 1. The molecule has 1 N–H and O–H groups in total. The Morgan fingerprint density at radius 2 is 2.10 bits per heavy atom. The fourth-order valence-corrected chi connectivity index (χ4v) is 3.29. The van der Waals surface area contributed by atoms with Crippen LogP contribution in [0.3, 0.4) is 0 Å². The summed E-state index contributed by atoms with van der Waals surface area (Å²) >= 11 is 1.61. The van der Waals surface area contributed by atoms with Crippen LogP contribution in [0.5, 0.6) is 0 Å². The maximum Gasteiger partial charge on any atom is 0.303 e. The number of aryl methyl sites for hydroxylation is 1. The van der Waals surface area contributed by atoms with E-state index in [1.807, 2.05) is 18.2 Å². The molecule has 0 fully saturated rings. The standard InChI is InChI=1S/C16H16N2O2S/c19-15(20)8-4-7-14-11-21-16-17-13(10-18(14)16)9-12-5-2-1-3-6-12/h1-3,5-6,10-11H,4,7-9H2,(H,19,20). The molecule has 0 bridgehead atoms. The molecule has 4 nitrogen and oxygen atoms in total. The van der Waals surface area contributed by atoms with Gasteiger partial charge in [-0.3, -0.25) is 9.20 Å². The van der Waals surface area contributed by atoms with Crippen molar-refractivity contribution >= 4 is 22.3 Å². The van der Waals surface area contributed by atoms with E-state index in [1.165, 1.54) is 5.56 Å². The van der Waals surface area contributed by atoms with Gasteiger partial charge in [0.1, 0.15) is 0 Å². The van der Waals surface area contributed by atoms with Crippen molar-refractivity contribution < 1.29 is 9.90 Å². The quantitative estimate of drug-likeness (QED) is 0.759. The zero-order valence-electron chi connectivity index (χ0n) is 11.5. The first kappa shape index (κ1) is 13.8.